The van der Waals surface area contributed by atoms with Crippen LogP contribution in [0.2, 0.25) is 0 Å². The van der Waals surface area contributed by atoms with Crippen LogP contribution in [0.5, 0.6) is 0 Å². The van der Waals surface area contributed by atoms with Crippen molar-refractivity contribution < 1.29 is 13.9 Å². The van der Waals surface area contributed by atoms with Crippen molar-refractivity contribution in [2.75, 3.05) is 23.5 Å². The van der Waals surface area contributed by atoms with Gasteiger partial charge in [0.1, 0.15) is 17.8 Å². The van der Waals surface area contributed by atoms with Crippen molar-refractivity contribution in [2.24, 2.45) is 0 Å². The SMILES string of the molecule is COC(=O)c1ccc(Nc2ncnc(Nc3ccccc3F)c2N)cc1. The smallest absolute Gasteiger partial charge is 0.337 e. The van der Waals surface area contributed by atoms with Crippen molar-refractivity contribution in [3.63, 3.8) is 0 Å². The molecule has 0 saturated heterocycles. The van der Waals surface area contributed by atoms with Crippen LogP contribution in [0.25, 0.3) is 0 Å². The molecule has 3 rings (SSSR count). The topological polar surface area (TPSA) is 102 Å². The summed E-state index contributed by atoms with van der Waals surface area (Å²) in [6.45, 7) is 0. The van der Waals surface area contributed by atoms with E-state index < -0.39 is 11.8 Å². The Hall–Kier alpha value is -3.68. The molecular formula is C18H16FN5O2. The minimum Gasteiger partial charge on any atom is -0.465 e. The summed E-state index contributed by atoms with van der Waals surface area (Å²) in [5.74, 6) is -0.212. The zero-order chi connectivity index (χ0) is 18.5. The predicted octanol–water partition coefficient (Wildman–Crippen LogP) is 3.47. The molecule has 0 aliphatic rings. The van der Waals surface area contributed by atoms with Crippen LogP contribution in [-0.4, -0.2) is 23.0 Å². The van der Waals surface area contributed by atoms with E-state index in [9.17, 15) is 9.18 Å². The summed E-state index contributed by atoms with van der Waals surface area (Å²) in [5.41, 5.74) is 7.66. The van der Waals surface area contributed by atoms with Crippen LogP contribution in [0.3, 0.4) is 0 Å². The van der Waals surface area contributed by atoms with Gasteiger partial charge in [0, 0.05) is 5.69 Å². The number of esters is 1. The minimum absolute atomic E-state index is 0.229. The lowest BCUT2D eigenvalue weighted by molar-refractivity contribution is 0.0601. The first-order valence-corrected chi connectivity index (χ1v) is 7.66. The Kier molecular flexibility index (Phi) is 4.93. The van der Waals surface area contributed by atoms with E-state index in [4.69, 9.17) is 5.73 Å². The number of carbonyl (C=O) groups excluding carboxylic acids is 1. The molecule has 4 N–H and O–H groups in total. The molecule has 7 nitrogen and oxygen atoms in total. The second-order valence-electron chi connectivity index (χ2n) is 5.28. The number of anilines is 5. The first-order chi connectivity index (χ1) is 12.6. The van der Waals surface area contributed by atoms with Gasteiger partial charge in [0.15, 0.2) is 11.6 Å². The third-order valence-electron chi connectivity index (χ3n) is 3.58. The molecule has 0 aliphatic heterocycles. The van der Waals surface area contributed by atoms with E-state index in [1.54, 1.807) is 42.5 Å². The summed E-state index contributed by atoms with van der Waals surface area (Å²) in [6.07, 6.45) is 1.31. The van der Waals surface area contributed by atoms with Crippen LogP contribution < -0.4 is 16.4 Å². The van der Waals surface area contributed by atoms with Gasteiger partial charge in [-0.25, -0.2) is 19.2 Å². The highest BCUT2D eigenvalue weighted by atomic mass is 19.1. The van der Waals surface area contributed by atoms with Gasteiger partial charge in [-0.2, -0.15) is 0 Å². The Labute approximate surface area is 149 Å². The number of carbonyl (C=O) groups is 1. The number of nitrogens with one attached hydrogen (secondary N) is 2. The van der Waals surface area contributed by atoms with Crippen LogP contribution in [0.15, 0.2) is 54.9 Å². The van der Waals surface area contributed by atoms with Gasteiger partial charge >= 0.3 is 5.97 Å². The zero-order valence-corrected chi connectivity index (χ0v) is 13.9. The van der Waals surface area contributed by atoms with Gasteiger partial charge < -0.3 is 21.1 Å². The van der Waals surface area contributed by atoms with Crippen molar-refractivity contribution in [2.45, 2.75) is 0 Å². The third kappa shape index (κ3) is 3.69. The molecule has 0 spiro atoms. The summed E-state index contributed by atoms with van der Waals surface area (Å²) in [7, 11) is 1.32. The van der Waals surface area contributed by atoms with Crippen LogP contribution in [-0.2, 0) is 4.74 Å². The van der Waals surface area contributed by atoms with Crippen LogP contribution in [0.1, 0.15) is 10.4 Å². The lowest BCUT2D eigenvalue weighted by Crippen LogP contribution is -2.06. The van der Waals surface area contributed by atoms with Gasteiger partial charge in [-0.3, -0.25) is 0 Å². The first-order valence-electron chi connectivity index (χ1n) is 7.66. The van der Waals surface area contributed by atoms with Crippen molar-refractivity contribution in [3.8, 4) is 0 Å². The molecule has 0 aliphatic carbocycles. The van der Waals surface area contributed by atoms with E-state index in [1.807, 2.05) is 0 Å². The molecule has 2 aromatic carbocycles. The lowest BCUT2D eigenvalue weighted by Gasteiger charge is -2.13. The highest BCUT2D eigenvalue weighted by molar-refractivity contribution is 5.90. The Bertz CT molecular complexity index is 931. The normalized spacial score (nSPS) is 10.2. The highest BCUT2D eigenvalue weighted by Crippen LogP contribution is 2.28. The first kappa shape index (κ1) is 17.2. The maximum atomic E-state index is 13.8. The van der Waals surface area contributed by atoms with Crippen LogP contribution >= 0.6 is 0 Å². The van der Waals surface area contributed by atoms with Crippen LogP contribution in [0, 0.1) is 5.82 Å². The third-order valence-corrected chi connectivity index (χ3v) is 3.58. The number of para-hydroxylation sites is 1. The number of rotatable bonds is 5. The number of nitrogens with zero attached hydrogens (tertiary/aromatic N) is 2. The number of aromatic nitrogens is 2. The van der Waals surface area contributed by atoms with Gasteiger partial charge in [0.2, 0.25) is 0 Å². The maximum Gasteiger partial charge on any atom is 0.337 e. The molecule has 3 aromatic rings. The predicted molar refractivity (Wildman–Crippen MR) is 97.2 cm³/mol. The number of benzene rings is 2. The number of nitrogens with two attached hydrogens (primary N) is 1. The number of nitrogen functional groups attached to an aromatic ring is 1. The Morgan fingerprint density at radius 2 is 1.69 bits per heavy atom. The zero-order valence-electron chi connectivity index (χ0n) is 13.9. The molecule has 0 bridgehead atoms. The fourth-order valence-electron chi connectivity index (χ4n) is 2.23. The monoisotopic (exact) mass is 353 g/mol. The van der Waals surface area contributed by atoms with E-state index >= 15 is 0 Å². The van der Waals surface area contributed by atoms with E-state index in [1.165, 1.54) is 19.5 Å². The maximum absolute atomic E-state index is 13.8. The van der Waals surface area contributed by atoms with Gasteiger partial charge in [-0.1, -0.05) is 12.1 Å². The fraction of sp³-hybridized carbons (Fsp3) is 0.0556. The largest absolute Gasteiger partial charge is 0.465 e. The van der Waals surface area contributed by atoms with Crippen molar-refractivity contribution in [1.82, 2.24) is 9.97 Å². The highest BCUT2D eigenvalue weighted by Gasteiger charge is 2.11. The Balaban J connectivity index is 1.81. The summed E-state index contributed by atoms with van der Waals surface area (Å²) in [6, 6.07) is 12.8. The summed E-state index contributed by atoms with van der Waals surface area (Å²) < 4.78 is 18.4. The number of ether oxygens (including phenoxy) is 1. The summed E-state index contributed by atoms with van der Waals surface area (Å²) in [4.78, 5) is 19.6. The molecular weight excluding hydrogens is 337 g/mol. The van der Waals surface area contributed by atoms with Gasteiger partial charge in [0.05, 0.1) is 18.4 Å². The standard InChI is InChI=1S/C18H16FN5O2/c1-26-18(25)11-6-8-12(9-7-11)23-16-15(20)17(22-10-21-16)24-14-5-3-2-4-13(14)19/h2-10H,20H2,1H3,(H2,21,22,23,24). The molecule has 0 fully saturated rings. The minimum atomic E-state index is -0.422. The molecule has 1 aromatic heterocycles. The number of hydrogen-bond acceptors (Lipinski definition) is 7. The quantitative estimate of drug-likeness (QED) is 0.604. The molecule has 0 atom stereocenters. The molecule has 0 saturated carbocycles. The molecule has 8 heteroatoms. The molecule has 26 heavy (non-hydrogen) atoms. The number of hydrogen-bond donors (Lipinski definition) is 3. The van der Waals surface area contributed by atoms with E-state index in [0.29, 0.717) is 17.1 Å². The van der Waals surface area contributed by atoms with Crippen molar-refractivity contribution >= 4 is 34.7 Å². The van der Waals surface area contributed by atoms with Gasteiger partial charge in [0.25, 0.3) is 0 Å². The van der Waals surface area contributed by atoms with Gasteiger partial charge in [-0.05, 0) is 36.4 Å². The average Bonchev–Trinajstić information content (AvgIpc) is 2.66. The molecule has 132 valence electrons. The summed E-state index contributed by atoms with van der Waals surface area (Å²) in [5, 5.41) is 5.88. The number of methoxy groups -OCH3 is 1. The Morgan fingerprint density at radius 1 is 1.04 bits per heavy atom. The molecule has 0 unspecified atom stereocenters. The lowest BCUT2D eigenvalue weighted by atomic mass is 10.2. The second-order valence-corrected chi connectivity index (χ2v) is 5.28. The Morgan fingerprint density at radius 3 is 2.35 bits per heavy atom. The molecule has 0 radical (unpaired) electrons. The summed E-state index contributed by atoms with van der Waals surface area (Å²) >= 11 is 0. The van der Waals surface area contributed by atoms with Crippen LogP contribution in [0.4, 0.5) is 33.1 Å². The second kappa shape index (κ2) is 7.47. The number of halogens is 1. The van der Waals surface area contributed by atoms with E-state index in [-0.39, 0.29) is 17.2 Å². The van der Waals surface area contributed by atoms with Crippen molar-refractivity contribution in [1.29, 1.82) is 0 Å². The fourth-order valence-corrected chi connectivity index (χ4v) is 2.23. The molecule has 1 heterocycles. The van der Waals surface area contributed by atoms with E-state index in [0.717, 1.165) is 0 Å². The van der Waals surface area contributed by atoms with E-state index in [2.05, 4.69) is 25.3 Å². The van der Waals surface area contributed by atoms with Gasteiger partial charge in [-0.15, -0.1) is 0 Å². The van der Waals surface area contributed by atoms with Crippen molar-refractivity contribution in [3.05, 3.63) is 66.2 Å². The average molecular weight is 353 g/mol. The molecule has 0 amide bonds.